The summed E-state index contributed by atoms with van der Waals surface area (Å²) >= 11 is 0. The lowest BCUT2D eigenvalue weighted by Crippen LogP contribution is -2.24. The number of fused-ring (bicyclic) bond motifs is 1. The molecule has 0 bridgehead atoms. The van der Waals surface area contributed by atoms with Crippen molar-refractivity contribution in [2.75, 3.05) is 26.1 Å². The number of ether oxygens (including phenoxy) is 2. The molecule has 0 saturated carbocycles. The van der Waals surface area contributed by atoms with Crippen LogP contribution in [0.25, 0.3) is 0 Å². The SMILES string of the molecule is COC(=O)C1CCNc2c(OC)cc(C)cc21. The van der Waals surface area contributed by atoms with Gasteiger partial charge >= 0.3 is 5.97 Å². The van der Waals surface area contributed by atoms with Crippen molar-refractivity contribution in [2.24, 2.45) is 0 Å². The molecule has 2 rings (SSSR count). The smallest absolute Gasteiger partial charge is 0.313 e. The van der Waals surface area contributed by atoms with Crippen LogP contribution in [0.3, 0.4) is 0 Å². The Morgan fingerprint density at radius 1 is 1.41 bits per heavy atom. The van der Waals surface area contributed by atoms with Gasteiger partial charge < -0.3 is 14.8 Å². The Bertz CT molecular complexity index is 443. The molecule has 0 amide bonds. The molecule has 1 aromatic carbocycles. The third kappa shape index (κ3) is 2.07. The van der Waals surface area contributed by atoms with Crippen LogP contribution >= 0.6 is 0 Å². The summed E-state index contributed by atoms with van der Waals surface area (Å²) in [7, 11) is 3.07. The molecular formula is C13H17NO3. The number of carbonyl (C=O) groups excluding carboxylic acids is 1. The monoisotopic (exact) mass is 235 g/mol. The van der Waals surface area contributed by atoms with Crippen LogP contribution in [0.4, 0.5) is 5.69 Å². The Hall–Kier alpha value is -1.71. The second kappa shape index (κ2) is 4.65. The van der Waals surface area contributed by atoms with Crippen molar-refractivity contribution in [1.82, 2.24) is 0 Å². The minimum absolute atomic E-state index is 0.180. The number of carbonyl (C=O) groups is 1. The molecule has 1 aliphatic rings. The normalized spacial score (nSPS) is 17.9. The molecule has 0 radical (unpaired) electrons. The predicted molar refractivity (Wildman–Crippen MR) is 65.6 cm³/mol. The van der Waals surface area contributed by atoms with Gasteiger partial charge in [0.15, 0.2) is 0 Å². The van der Waals surface area contributed by atoms with Crippen LogP contribution < -0.4 is 10.1 Å². The van der Waals surface area contributed by atoms with Gasteiger partial charge in [-0.3, -0.25) is 4.79 Å². The van der Waals surface area contributed by atoms with E-state index in [-0.39, 0.29) is 11.9 Å². The van der Waals surface area contributed by atoms with Crippen molar-refractivity contribution in [1.29, 1.82) is 0 Å². The minimum Gasteiger partial charge on any atom is -0.495 e. The molecule has 4 heteroatoms. The molecular weight excluding hydrogens is 218 g/mol. The lowest BCUT2D eigenvalue weighted by Gasteiger charge is -2.26. The van der Waals surface area contributed by atoms with Gasteiger partial charge in [-0.15, -0.1) is 0 Å². The summed E-state index contributed by atoms with van der Waals surface area (Å²) in [5.74, 6) is 0.416. The third-order valence-corrected chi connectivity index (χ3v) is 3.09. The number of hydrogen-bond acceptors (Lipinski definition) is 4. The van der Waals surface area contributed by atoms with Gasteiger partial charge in [-0.05, 0) is 30.5 Å². The Morgan fingerprint density at radius 2 is 2.18 bits per heavy atom. The van der Waals surface area contributed by atoms with E-state index in [9.17, 15) is 4.79 Å². The zero-order chi connectivity index (χ0) is 12.4. The van der Waals surface area contributed by atoms with E-state index >= 15 is 0 Å². The number of nitrogens with one attached hydrogen (secondary N) is 1. The summed E-state index contributed by atoms with van der Waals surface area (Å²) in [6.45, 7) is 2.75. The summed E-state index contributed by atoms with van der Waals surface area (Å²) in [4.78, 5) is 11.7. The Balaban J connectivity index is 2.50. The van der Waals surface area contributed by atoms with E-state index in [1.807, 2.05) is 19.1 Å². The first kappa shape index (κ1) is 11.8. The van der Waals surface area contributed by atoms with Gasteiger partial charge in [0.2, 0.25) is 0 Å². The highest BCUT2D eigenvalue weighted by Crippen LogP contribution is 2.39. The van der Waals surface area contributed by atoms with E-state index < -0.39 is 0 Å². The van der Waals surface area contributed by atoms with E-state index in [0.717, 1.165) is 35.5 Å². The topological polar surface area (TPSA) is 47.6 Å². The van der Waals surface area contributed by atoms with Crippen molar-refractivity contribution in [3.05, 3.63) is 23.3 Å². The molecule has 1 atom stereocenters. The number of anilines is 1. The van der Waals surface area contributed by atoms with Crippen molar-refractivity contribution in [3.63, 3.8) is 0 Å². The van der Waals surface area contributed by atoms with Crippen molar-refractivity contribution >= 4 is 11.7 Å². The summed E-state index contributed by atoms with van der Waals surface area (Å²) in [5.41, 5.74) is 2.97. The van der Waals surface area contributed by atoms with Gasteiger partial charge in [0.25, 0.3) is 0 Å². The second-order valence-electron chi connectivity index (χ2n) is 4.22. The summed E-state index contributed by atoms with van der Waals surface area (Å²) in [5, 5.41) is 3.29. The van der Waals surface area contributed by atoms with Gasteiger partial charge in [0.05, 0.1) is 25.8 Å². The van der Waals surface area contributed by atoms with Crippen LogP contribution in [0, 0.1) is 6.92 Å². The molecule has 1 N–H and O–H groups in total. The van der Waals surface area contributed by atoms with Crippen molar-refractivity contribution in [3.8, 4) is 5.75 Å². The lowest BCUT2D eigenvalue weighted by atomic mass is 9.89. The minimum atomic E-state index is -0.190. The highest BCUT2D eigenvalue weighted by atomic mass is 16.5. The fourth-order valence-corrected chi connectivity index (χ4v) is 2.29. The first-order valence-corrected chi connectivity index (χ1v) is 5.67. The number of hydrogen-bond donors (Lipinski definition) is 1. The number of benzene rings is 1. The van der Waals surface area contributed by atoms with E-state index in [1.54, 1.807) is 7.11 Å². The fourth-order valence-electron chi connectivity index (χ4n) is 2.29. The average Bonchev–Trinajstić information content (AvgIpc) is 2.36. The van der Waals surface area contributed by atoms with Crippen LogP contribution in [-0.4, -0.2) is 26.7 Å². The van der Waals surface area contributed by atoms with E-state index in [0.29, 0.717) is 0 Å². The summed E-state index contributed by atoms with van der Waals surface area (Å²) in [6.07, 6.45) is 0.756. The van der Waals surface area contributed by atoms with Crippen molar-refractivity contribution < 1.29 is 14.3 Å². The van der Waals surface area contributed by atoms with Gasteiger partial charge in [0, 0.05) is 6.54 Å². The maximum absolute atomic E-state index is 11.7. The molecule has 1 unspecified atom stereocenters. The molecule has 0 saturated heterocycles. The van der Waals surface area contributed by atoms with Crippen molar-refractivity contribution in [2.45, 2.75) is 19.3 Å². The molecule has 0 aromatic heterocycles. The molecule has 4 nitrogen and oxygen atoms in total. The number of methoxy groups -OCH3 is 2. The van der Waals surface area contributed by atoms with Crippen LogP contribution in [-0.2, 0) is 9.53 Å². The quantitative estimate of drug-likeness (QED) is 0.797. The van der Waals surface area contributed by atoms with Gasteiger partial charge in [-0.25, -0.2) is 0 Å². The molecule has 0 spiro atoms. The maximum atomic E-state index is 11.7. The van der Waals surface area contributed by atoms with E-state index in [1.165, 1.54) is 7.11 Å². The summed E-state index contributed by atoms with van der Waals surface area (Å²) < 4.78 is 10.2. The van der Waals surface area contributed by atoms with E-state index in [4.69, 9.17) is 9.47 Å². The standard InChI is InChI=1S/C13H17NO3/c1-8-6-10-9(13(15)17-3)4-5-14-12(10)11(7-8)16-2/h6-7,9,14H,4-5H2,1-3H3. The Kier molecular flexibility index (Phi) is 3.22. The van der Waals surface area contributed by atoms with Gasteiger partial charge in [-0.2, -0.15) is 0 Å². The molecule has 17 heavy (non-hydrogen) atoms. The largest absolute Gasteiger partial charge is 0.495 e. The molecule has 0 aliphatic carbocycles. The summed E-state index contributed by atoms with van der Waals surface area (Å²) in [6, 6.07) is 3.98. The van der Waals surface area contributed by atoms with Crippen LogP contribution in [0.5, 0.6) is 5.75 Å². The van der Waals surface area contributed by atoms with Gasteiger partial charge in [0.1, 0.15) is 5.75 Å². The first-order chi connectivity index (χ1) is 8.17. The lowest BCUT2D eigenvalue weighted by molar-refractivity contribution is -0.142. The average molecular weight is 235 g/mol. The van der Waals surface area contributed by atoms with Crippen LogP contribution in [0.2, 0.25) is 0 Å². The highest BCUT2D eigenvalue weighted by molar-refractivity contribution is 5.83. The zero-order valence-electron chi connectivity index (χ0n) is 10.4. The molecule has 92 valence electrons. The molecule has 1 aliphatic heterocycles. The Morgan fingerprint density at radius 3 is 2.82 bits per heavy atom. The first-order valence-electron chi connectivity index (χ1n) is 5.67. The van der Waals surface area contributed by atoms with Crippen LogP contribution in [0.15, 0.2) is 12.1 Å². The van der Waals surface area contributed by atoms with Gasteiger partial charge in [-0.1, -0.05) is 6.07 Å². The molecule has 1 aromatic rings. The predicted octanol–water partition coefficient (Wildman–Crippen LogP) is 2.08. The number of aryl methyl sites for hydroxylation is 1. The second-order valence-corrected chi connectivity index (χ2v) is 4.22. The number of esters is 1. The van der Waals surface area contributed by atoms with Crippen LogP contribution in [0.1, 0.15) is 23.5 Å². The Labute approximate surface area is 101 Å². The molecule has 0 fully saturated rings. The zero-order valence-corrected chi connectivity index (χ0v) is 10.4. The fraction of sp³-hybridized carbons (Fsp3) is 0.462. The third-order valence-electron chi connectivity index (χ3n) is 3.09. The molecule has 1 heterocycles. The number of rotatable bonds is 2. The maximum Gasteiger partial charge on any atom is 0.313 e. The van der Waals surface area contributed by atoms with E-state index in [2.05, 4.69) is 5.32 Å². The highest BCUT2D eigenvalue weighted by Gasteiger charge is 2.29.